The Morgan fingerprint density at radius 2 is 1.68 bits per heavy atom. The third-order valence-corrected chi connectivity index (χ3v) is 7.18. The molecule has 240 valence electrons. The highest BCUT2D eigenvalue weighted by Crippen LogP contribution is 2.45. The number of alkyl halides is 10. The van der Waals surface area contributed by atoms with E-state index in [1.165, 1.54) is 18.2 Å². The van der Waals surface area contributed by atoms with E-state index in [1.54, 1.807) is 6.92 Å². The van der Waals surface area contributed by atoms with Crippen molar-refractivity contribution in [3.8, 4) is 11.3 Å². The van der Waals surface area contributed by atoms with E-state index in [0.29, 0.717) is 10.5 Å². The lowest BCUT2D eigenvalue weighted by atomic mass is 9.97. The van der Waals surface area contributed by atoms with Gasteiger partial charge in [-0.25, -0.2) is 13.9 Å². The van der Waals surface area contributed by atoms with Crippen LogP contribution in [-0.2, 0) is 17.4 Å². The van der Waals surface area contributed by atoms with Crippen molar-refractivity contribution >= 4 is 23.1 Å². The van der Waals surface area contributed by atoms with Gasteiger partial charge >= 0.3 is 18.5 Å². The van der Waals surface area contributed by atoms with Gasteiger partial charge in [0.25, 0.3) is 11.5 Å². The number of benzene rings is 1. The van der Waals surface area contributed by atoms with E-state index < -0.39 is 84.6 Å². The monoisotopic (exact) mass is 644 g/mol. The number of anilines is 1. The molecule has 0 radical (unpaired) electrons. The van der Waals surface area contributed by atoms with Gasteiger partial charge in [-0.15, -0.1) is 0 Å². The second kappa shape index (κ2) is 11.1. The lowest BCUT2D eigenvalue weighted by Gasteiger charge is -2.32. The summed E-state index contributed by atoms with van der Waals surface area (Å²) in [7, 11) is 0. The van der Waals surface area contributed by atoms with Crippen LogP contribution in [0.5, 0.6) is 0 Å². The normalized spacial score (nSPS) is 18.2. The van der Waals surface area contributed by atoms with Crippen molar-refractivity contribution in [2.45, 2.75) is 56.1 Å². The molecular weight excluding hydrogens is 622 g/mol. The summed E-state index contributed by atoms with van der Waals surface area (Å²) in [6, 6.07) is 3.15. The summed E-state index contributed by atoms with van der Waals surface area (Å²) in [5, 5.41) is 15.4. The fraction of sp³-hybridized carbons (Fsp3) is 0.440. The quantitative estimate of drug-likeness (QED) is 0.348. The zero-order valence-corrected chi connectivity index (χ0v) is 22.3. The number of nitrogens with two attached hydrogens (primary N) is 1. The van der Waals surface area contributed by atoms with Gasteiger partial charge in [-0.3, -0.25) is 9.59 Å². The molecule has 1 aliphatic rings. The summed E-state index contributed by atoms with van der Waals surface area (Å²) in [5.41, 5.74) is -1.31. The van der Waals surface area contributed by atoms with E-state index in [0.717, 1.165) is 16.9 Å². The molecule has 4 N–H and O–H groups in total. The number of fused-ring (bicyclic) bond motifs is 1. The minimum absolute atomic E-state index is 0.0505. The average Bonchev–Trinajstić information content (AvgIpc) is 3.48. The van der Waals surface area contributed by atoms with Gasteiger partial charge < -0.3 is 21.1 Å². The average molecular weight is 644 g/mol. The SMILES string of the molecule is CCc1ccc(-c2cc(C(F)(F)F)c3c(N)ncnn23)cc1C(=O)N[C@@H]1CN(C(=O)CC(O)(C(F)(F)F)C(F)(F)F)C[C@@H]1F. The van der Waals surface area contributed by atoms with E-state index in [9.17, 15) is 58.6 Å². The molecule has 3 heterocycles. The Bertz CT molecular complexity index is 1570. The van der Waals surface area contributed by atoms with E-state index >= 15 is 0 Å². The maximum absolute atomic E-state index is 14.8. The van der Waals surface area contributed by atoms with Gasteiger partial charge in [-0.1, -0.05) is 19.1 Å². The number of halogens is 10. The second-order valence-corrected chi connectivity index (χ2v) is 10.00. The van der Waals surface area contributed by atoms with Gasteiger partial charge in [0.05, 0.1) is 30.3 Å². The van der Waals surface area contributed by atoms with Crippen LogP contribution >= 0.6 is 0 Å². The molecule has 0 unspecified atom stereocenters. The number of carbonyl (C=O) groups is 2. The van der Waals surface area contributed by atoms with Crippen LogP contribution in [-0.4, -0.2) is 79.7 Å². The van der Waals surface area contributed by atoms with E-state index in [2.05, 4.69) is 15.4 Å². The van der Waals surface area contributed by atoms with Gasteiger partial charge in [0.2, 0.25) is 5.91 Å². The Morgan fingerprint density at radius 1 is 1.05 bits per heavy atom. The first-order valence-electron chi connectivity index (χ1n) is 12.6. The van der Waals surface area contributed by atoms with Crippen molar-refractivity contribution < 1.29 is 58.6 Å². The lowest BCUT2D eigenvalue weighted by Crippen LogP contribution is -2.59. The highest BCUT2D eigenvalue weighted by molar-refractivity contribution is 5.97. The minimum Gasteiger partial charge on any atom is -0.382 e. The van der Waals surface area contributed by atoms with Gasteiger partial charge in [-0.2, -0.15) is 44.6 Å². The molecule has 2 amide bonds. The molecule has 0 spiro atoms. The number of hydrogen-bond acceptors (Lipinski definition) is 6. The smallest absolute Gasteiger partial charge is 0.382 e. The first-order chi connectivity index (χ1) is 20.2. The minimum atomic E-state index is -6.27. The number of rotatable bonds is 6. The zero-order valence-electron chi connectivity index (χ0n) is 22.3. The topological polar surface area (TPSA) is 126 Å². The molecule has 1 saturated heterocycles. The van der Waals surface area contributed by atoms with Gasteiger partial charge in [0, 0.05) is 17.7 Å². The largest absolute Gasteiger partial charge is 0.426 e. The van der Waals surface area contributed by atoms with Crippen LogP contribution < -0.4 is 11.1 Å². The number of nitrogen functional groups attached to an aromatic ring is 1. The predicted molar refractivity (Wildman–Crippen MR) is 132 cm³/mol. The van der Waals surface area contributed by atoms with Crippen LogP contribution in [0, 0.1) is 0 Å². The maximum atomic E-state index is 14.8. The number of hydrogen-bond donors (Lipinski definition) is 3. The molecule has 2 atom stereocenters. The van der Waals surface area contributed by atoms with Crippen LogP contribution in [0.2, 0.25) is 0 Å². The predicted octanol–water partition coefficient (Wildman–Crippen LogP) is 4.08. The van der Waals surface area contributed by atoms with Crippen molar-refractivity contribution in [2.24, 2.45) is 0 Å². The van der Waals surface area contributed by atoms with Crippen molar-refractivity contribution in [2.75, 3.05) is 18.8 Å². The van der Waals surface area contributed by atoms with Crippen LogP contribution in [0.1, 0.15) is 34.8 Å². The molecule has 19 heteroatoms. The molecule has 1 fully saturated rings. The molecule has 4 rings (SSSR count). The second-order valence-electron chi connectivity index (χ2n) is 10.00. The fourth-order valence-corrected chi connectivity index (χ4v) is 4.79. The van der Waals surface area contributed by atoms with E-state index in [1.807, 2.05) is 0 Å². The van der Waals surface area contributed by atoms with Gasteiger partial charge in [0.15, 0.2) is 5.82 Å². The number of nitrogens with zero attached hydrogens (tertiary/aromatic N) is 4. The molecule has 44 heavy (non-hydrogen) atoms. The highest BCUT2D eigenvalue weighted by atomic mass is 19.4. The van der Waals surface area contributed by atoms with E-state index in [4.69, 9.17) is 5.73 Å². The van der Waals surface area contributed by atoms with Crippen molar-refractivity contribution in [3.05, 3.63) is 47.3 Å². The van der Waals surface area contributed by atoms with Crippen molar-refractivity contribution in [1.29, 1.82) is 0 Å². The summed E-state index contributed by atoms with van der Waals surface area (Å²) in [5.74, 6) is -3.32. The number of aliphatic hydroxyl groups is 1. The third-order valence-electron chi connectivity index (χ3n) is 7.18. The van der Waals surface area contributed by atoms with E-state index in [-0.39, 0.29) is 23.2 Å². The van der Waals surface area contributed by atoms with Crippen LogP contribution in [0.15, 0.2) is 30.6 Å². The van der Waals surface area contributed by atoms with Crippen LogP contribution in [0.25, 0.3) is 16.8 Å². The van der Waals surface area contributed by atoms with Crippen molar-refractivity contribution in [1.82, 2.24) is 24.8 Å². The van der Waals surface area contributed by atoms with Crippen LogP contribution in [0.3, 0.4) is 0 Å². The third kappa shape index (κ3) is 5.83. The maximum Gasteiger partial charge on any atom is 0.426 e. The molecular formula is C25H22F10N6O3. The number of aromatic nitrogens is 3. The first kappa shape index (κ1) is 32.7. The summed E-state index contributed by atoms with van der Waals surface area (Å²) in [4.78, 5) is 29.4. The van der Waals surface area contributed by atoms with Gasteiger partial charge in [-0.05, 0) is 24.1 Å². The molecule has 0 bridgehead atoms. The van der Waals surface area contributed by atoms with Crippen molar-refractivity contribution in [3.63, 3.8) is 0 Å². The molecule has 1 aromatic carbocycles. The molecule has 2 aromatic heterocycles. The summed E-state index contributed by atoms with van der Waals surface area (Å²) in [6.07, 6.45) is -20.9. The Kier molecular flexibility index (Phi) is 8.25. The zero-order chi connectivity index (χ0) is 33.0. The number of nitrogens with one attached hydrogen (secondary N) is 1. The Hall–Kier alpha value is -4.16. The standard InChI is InChI=1S/C25H22F10N6O3/c1-2-11-3-4-12(17-6-14(23(27,28)29)19-20(36)37-10-38-41(17)19)5-13(11)21(43)39-16-9-40(8-15(16)26)18(42)7-22(44,24(30,31)32)25(33,34)35/h3-6,10,15-16,44H,2,7-9H2,1H3,(H,39,43)(H2,36,37,38)/t15-,16+/m0/s1. The fourth-order valence-electron chi connectivity index (χ4n) is 4.79. The summed E-state index contributed by atoms with van der Waals surface area (Å²) < 4.78 is 135. The lowest BCUT2D eigenvalue weighted by molar-refractivity contribution is -0.367. The summed E-state index contributed by atoms with van der Waals surface area (Å²) in [6.45, 7) is -0.175. The number of likely N-dealkylation sites (tertiary alicyclic amines) is 1. The molecule has 0 aliphatic carbocycles. The highest BCUT2D eigenvalue weighted by Gasteiger charge is 2.71. The number of aryl methyl sites for hydroxylation is 1. The Balaban J connectivity index is 1.60. The molecule has 3 aromatic rings. The van der Waals surface area contributed by atoms with Crippen LogP contribution in [0.4, 0.5) is 49.7 Å². The van der Waals surface area contributed by atoms with Gasteiger partial charge in [0.1, 0.15) is 18.0 Å². The Labute approximate surface area is 240 Å². The number of amides is 2. The summed E-state index contributed by atoms with van der Waals surface area (Å²) >= 11 is 0. The molecule has 0 saturated carbocycles. The molecule has 1 aliphatic heterocycles. The first-order valence-corrected chi connectivity index (χ1v) is 12.6. The molecule has 9 nitrogen and oxygen atoms in total. The Morgan fingerprint density at radius 3 is 2.25 bits per heavy atom. The number of carbonyl (C=O) groups excluding carboxylic acids is 2.